The zero-order chi connectivity index (χ0) is 20.8. The summed E-state index contributed by atoms with van der Waals surface area (Å²) in [6, 6.07) is 22.4. The Hall–Kier alpha value is -2.89. The van der Waals surface area contributed by atoms with Gasteiger partial charge in [0.05, 0.1) is 6.54 Å². The van der Waals surface area contributed by atoms with Crippen molar-refractivity contribution in [3.8, 4) is 0 Å². The van der Waals surface area contributed by atoms with Crippen molar-refractivity contribution in [1.82, 2.24) is 15.1 Å². The Morgan fingerprint density at radius 1 is 0.867 bits per heavy atom. The van der Waals surface area contributed by atoms with Crippen LogP contribution < -0.4 is 5.32 Å². The highest BCUT2D eigenvalue weighted by molar-refractivity contribution is 5.91. The van der Waals surface area contributed by atoms with E-state index >= 15 is 0 Å². The van der Waals surface area contributed by atoms with Crippen molar-refractivity contribution in [3.63, 3.8) is 0 Å². The SMILES string of the molecule is Cc1cccc(CNC(=O)c2ccc(CN3CCN(Cc4ccccc4)CC3)o2)c1. The maximum Gasteiger partial charge on any atom is 0.287 e. The first-order valence-corrected chi connectivity index (χ1v) is 10.6. The molecule has 30 heavy (non-hydrogen) atoms. The van der Waals surface area contributed by atoms with Crippen LogP contribution in [-0.4, -0.2) is 41.9 Å². The van der Waals surface area contributed by atoms with Crippen LogP contribution in [-0.2, 0) is 19.6 Å². The molecule has 0 aliphatic carbocycles. The van der Waals surface area contributed by atoms with E-state index in [9.17, 15) is 4.79 Å². The monoisotopic (exact) mass is 403 g/mol. The highest BCUT2D eigenvalue weighted by atomic mass is 16.4. The van der Waals surface area contributed by atoms with Gasteiger partial charge in [0.1, 0.15) is 5.76 Å². The molecule has 0 unspecified atom stereocenters. The Morgan fingerprint density at radius 3 is 2.30 bits per heavy atom. The molecule has 1 aliphatic heterocycles. The largest absolute Gasteiger partial charge is 0.455 e. The number of carbonyl (C=O) groups excluding carboxylic acids is 1. The van der Waals surface area contributed by atoms with Gasteiger partial charge in [0.25, 0.3) is 5.91 Å². The van der Waals surface area contributed by atoms with E-state index < -0.39 is 0 Å². The Kier molecular flexibility index (Phi) is 6.62. The number of amides is 1. The molecule has 0 radical (unpaired) electrons. The lowest BCUT2D eigenvalue weighted by atomic mass is 10.1. The van der Waals surface area contributed by atoms with Gasteiger partial charge in [-0.25, -0.2) is 0 Å². The van der Waals surface area contributed by atoms with Crippen LogP contribution in [0.2, 0.25) is 0 Å². The second-order valence-electron chi connectivity index (χ2n) is 7.98. The number of nitrogens with zero attached hydrogens (tertiary/aromatic N) is 2. The first kappa shape index (κ1) is 20.4. The summed E-state index contributed by atoms with van der Waals surface area (Å²) in [6.45, 7) is 8.38. The molecule has 2 heterocycles. The molecular formula is C25H29N3O2. The molecule has 0 spiro atoms. The van der Waals surface area contributed by atoms with Gasteiger partial charge in [0.15, 0.2) is 5.76 Å². The lowest BCUT2D eigenvalue weighted by Crippen LogP contribution is -2.45. The highest BCUT2D eigenvalue weighted by Crippen LogP contribution is 2.14. The number of rotatable bonds is 7. The number of hydrogen-bond donors (Lipinski definition) is 1. The van der Waals surface area contributed by atoms with Gasteiger partial charge in [-0.3, -0.25) is 14.6 Å². The predicted octanol–water partition coefficient (Wildman–Crippen LogP) is 3.84. The van der Waals surface area contributed by atoms with Crippen molar-refractivity contribution in [3.05, 3.63) is 94.9 Å². The molecule has 5 nitrogen and oxygen atoms in total. The Morgan fingerprint density at radius 2 is 1.57 bits per heavy atom. The topological polar surface area (TPSA) is 48.7 Å². The van der Waals surface area contributed by atoms with Crippen LogP contribution in [0.1, 0.15) is 33.0 Å². The van der Waals surface area contributed by atoms with Gasteiger partial charge < -0.3 is 9.73 Å². The third kappa shape index (κ3) is 5.59. The van der Waals surface area contributed by atoms with Gasteiger partial charge in [-0.1, -0.05) is 60.2 Å². The molecule has 0 atom stereocenters. The fourth-order valence-electron chi connectivity index (χ4n) is 3.84. The molecule has 3 aromatic rings. The molecular weight excluding hydrogens is 374 g/mol. The molecule has 1 N–H and O–H groups in total. The number of nitrogens with one attached hydrogen (secondary N) is 1. The third-order valence-electron chi connectivity index (χ3n) is 5.51. The third-order valence-corrected chi connectivity index (χ3v) is 5.51. The van der Waals surface area contributed by atoms with E-state index in [1.807, 2.05) is 31.2 Å². The molecule has 5 heteroatoms. The lowest BCUT2D eigenvalue weighted by Gasteiger charge is -2.34. The van der Waals surface area contributed by atoms with E-state index in [2.05, 4.69) is 51.5 Å². The fourth-order valence-corrected chi connectivity index (χ4v) is 3.84. The van der Waals surface area contributed by atoms with Gasteiger partial charge in [-0.15, -0.1) is 0 Å². The van der Waals surface area contributed by atoms with Crippen LogP contribution in [0.5, 0.6) is 0 Å². The summed E-state index contributed by atoms with van der Waals surface area (Å²) < 4.78 is 5.82. The minimum Gasteiger partial charge on any atom is -0.455 e. The standard InChI is InChI=1S/C25H29N3O2/c1-20-6-5-9-22(16-20)17-26-25(29)24-11-10-23(30-24)19-28-14-12-27(13-15-28)18-21-7-3-2-4-8-21/h2-11,16H,12-15,17-19H2,1H3,(H,26,29). The number of hydrogen-bond acceptors (Lipinski definition) is 4. The summed E-state index contributed by atoms with van der Waals surface area (Å²) in [7, 11) is 0. The average Bonchev–Trinajstić information content (AvgIpc) is 3.23. The summed E-state index contributed by atoms with van der Waals surface area (Å²) in [5, 5.41) is 2.94. The number of carbonyl (C=O) groups is 1. The average molecular weight is 404 g/mol. The number of aryl methyl sites for hydroxylation is 1. The van der Waals surface area contributed by atoms with E-state index in [1.54, 1.807) is 6.07 Å². The molecule has 2 aromatic carbocycles. The maximum atomic E-state index is 12.4. The molecule has 156 valence electrons. The Labute approximate surface area is 178 Å². The second kappa shape index (κ2) is 9.74. The fraction of sp³-hybridized carbons (Fsp3) is 0.320. The van der Waals surface area contributed by atoms with Gasteiger partial charge in [-0.05, 0) is 30.2 Å². The Balaban J connectivity index is 1.23. The minimum absolute atomic E-state index is 0.171. The van der Waals surface area contributed by atoms with Gasteiger partial charge in [0, 0.05) is 39.3 Å². The number of piperazine rings is 1. The number of benzene rings is 2. The predicted molar refractivity (Wildman–Crippen MR) is 118 cm³/mol. The molecule has 1 aromatic heterocycles. The summed E-state index contributed by atoms with van der Waals surface area (Å²) in [5.74, 6) is 1.04. The van der Waals surface area contributed by atoms with E-state index in [4.69, 9.17) is 4.42 Å². The molecule has 1 amide bonds. The Bertz CT molecular complexity index is 959. The first-order valence-electron chi connectivity index (χ1n) is 10.6. The van der Waals surface area contributed by atoms with Crippen molar-refractivity contribution in [1.29, 1.82) is 0 Å². The van der Waals surface area contributed by atoms with E-state index in [0.29, 0.717) is 12.3 Å². The lowest BCUT2D eigenvalue weighted by molar-refractivity contribution is 0.0912. The zero-order valence-electron chi connectivity index (χ0n) is 17.5. The van der Waals surface area contributed by atoms with E-state index in [1.165, 1.54) is 11.1 Å². The van der Waals surface area contributed by atoms with E-state index in [0.717, 1.165) is 50.6 Å². The van der Waals surface area contributed by atoms with E-state index in [-0.39, 0.29) is 5.91 Å². The summed E-state index contributed by atoms with van der Waals surface area (Å²) in [4.78, 5) is 17.3. The minimum atomic E-state index is -0.171. The van der Waals surface area contributed by atoms with Crippen LogP contribution in [0.15, 0.2) is 71.1 Å². The maximum absolute atomic E-state index is 12.4. The molecule has 1 aliphatic rings. The first-order chi connectivity index (χ1) is 14.7. The summed E-state index contributed by atoms with van der Waals surface area (Å²) >= 11 is 0. The molecule has 0 bridgehead atoms. The normalized spacial score (nSPS) is 15.2. The van der Waals surface area contributed by atoms with Crippen LogP contribution in [0, 0.1) is 6.92 Å². The smallest absolute Gasteiger partial charge is 0.287 e. The number of furan rings is 1. The van der Waals surface area contributed by atoms with Gasteiger partial charge in [0.2, 0.25) is 0 Å². The molecule has 0 saturated carbocycles. The van der Waals surface area contributed by atoms with Crippen LogP contribution in [0.4, 0.5) is 0 Å². The highest BCUT2D eigenvalue weighted by Gasteiger charge is 2.19. The molecule has 4 rings (SSSR count). The van der Waals surface area contributed by atoms with Crippen molar-refractivity contribution in [2.24, 2.45) is 0 Å². The van der Waals surface area contributed by atoms with Crippen molar-refractivity contribution in [2.75, 3.05) is 26.2 Å². The van der Waals surface area contributed by atoms with Crippen molar-refractivity contribution < 1.29 is 9.21 Å². The van der Waals surface area contributed by atoms with Crippen molar-refractivity contribution >= 4 is 5.91 Å². The van der Waals surface area contributed by atoms with Crippen LogP contribution >= 0.6 is 0 Å². The summed E-state index contributed by atoms with van der Waals surface area (Å²) in [6.07, 6.45) is 0. The zero-order valence-corrected chi connectivity index (χ0v) is 17.5. The second-order valence-corrected chi connectivity index (χ2v) is 7.98. The van der Waals surface area contributed by atoms with Crippen LogP contribution in [0.25, 0.3) is 0 Å². The molecule has 1 fully saturated rings. The van der Waals surface area contributed by atoms with Gasteiger partial charge >= 0.3 is 0 Å². The van der Waals surface area contributed by atoms with Crippen molar-refractivity contribution in [2.45, 2.75) is 26.6 Å². The van der Waals surface area contributed by atoms with Gasteiger partial charge in [-0.2, -0.15) is 0 Å². The van der Waals surface area contributed by atoms with Crippen LogP contribution in [0.3, 0.4) is 0 Å². The summed E-state index contributed by atoms with van der Waals surface area (Å²) in [5.41, 5.74) is 3.63. The quantitative estimate of drug-likeness (QED) is 0.651. The molecule has 1 saturated heterocycles.